The first-order valence-corrected chi connectivity index (χ1v) is 8.82. The highest BCUT2D eigenvalue weighted by Gasteiger charge is 2.12. The number of amides is 1. The molecule has 5 nitrogen and oxygen atoms in total. The lowest BCUT2D eigenvalue weighted by atomic mass is 10.0. The molecule has 5 heteroatoms. The summed E-state index contributed by atoms with van der Waals surface area (Å²) in [4.78, 5) is 12.3. The number of fused-ring (bicyclic) bond motifs is 2. The molecule has 1 atom stereocenters. The van der Waals surface area contributed by atoms with Crippen molar-refractivity contribution in [1.29, 1.82) is 0 Å². The first-order valence-electron chi connectivity index (χ1n) is 8.82. The van der Waals surface area contributed by atoms with Crippen LogP contribution in [0.15, 0.2) is 72.9 Å². The fourth-order valence-corrected chi connectivity index (χ4v) is 3.09. The molecule has 0 aliphatic rings. The van der Waals surface area contributed by atoms with E-state index in [1.54, 1.807) is 6.20 Å². The zero-order chi connectivity index (χ0) is 18.6. The van der Waals surface area contributed by atoms with Gasteiger partial charge in [-0.25, -0.2) is 0 Å². The van der Waals surface area contributed by atoms with Gasteiger partial charge in [-0.2, -0.15) is 5.10 Å². The monoisotopic (exact) mass is 357 g/mol. The Bertz CT molecular complexity index is 1110. The molecule has 0 radical (unpaired) electrons. The second-order valence-electron chi connectivity index (χ2n) is 6.42. The highest BCUT2D eigenvalue weighted by Crippen LogP contribution is 2.22. The Morgan fingerprint density at radius 2 is 1.74 bits per heavy atom. The van der Waals surface area contributed by atoms with Crippen molar-refractivity contribution in [2.75, 3.05) is 6.61 Å². The Morgan fingerprint density at radius 1 is 1.00 bits per heavy atom. The Balaban J connectivity index is 1.42. The van der Waals surface area contributed by atoms with Crippen LogP contribution >= 0.6 is 0 Å². The second kappa shape index (κ2) is 7.41. The van der Waals surface area contributed by atoms with E-state index in [9.17, 15) is 4.79 Å². The van der Waals surface area contributed by atoms with Gasteiger partial charge < -0.3 is 10.1 Å². The highest BCUT2D eigenvalue weighted by atomic mass is 16.5. The number of nitrogens with one attached hydrogen (secondary N) is 1. The van der Waals surface area contributed by atoms with E-state index in [1.807, 2.05) is 49.4 Å². The third kappa shape index (κ3) is 3.72. The van der Waals surface area contributed by atoms with Gasteiger partial charge in [-0.1, -0.05) is 54.6 Å². The first-order chi connectivity index (χ1) is 13.2. The molecule has 0 aliphatic heterocycles. The van der Waals surface area contributed by atoms with E-state index in [2.05, 4.69) is 39.8 Å². The summed E-state index contributed by atoms with van der Waals surface area (Å²) in [6.07, 6.45) is 1.67. The predicted octanol–water partition coefficient (Wildman–Crippen LogP) is 4.04. The molecular formula is C22H19N3O2. The number of rotatable bonds is 5. The summed E-state index contributed by atoms with van der Waals surface area (Å²) in [6.45, 7) is 1.85. The van der Waals surface area contributed by atoms with Crippen molar-refractivity contribution in [2.45, 2.75) is 13.0 Å². The van der Waals surface area contributed by atoms with Crippen LogP contribution in [0.3, 0.4) is 0 Å². The van der Waals surface area contributed by atoms with Gasteiger partial charge in [0.05, 0.1) is 12.2 Å². The van der Waals surface area contributed by atoms with Gasteiger partial charge in [0.25, 0.3) is 5.91 Å². The van der Waals surface area contributed by atoms with E-state index >= 15 is 0 Å². The number of benzene rings is 3. The Labute approximate surface area is 157 Å². The normalized spacial score (nSPS) is 12.0. The predicted molar refractivity (Wildman–Crippen MR) is 106 cm³/mol. The largest absolute Gasteiger partial charge is 0.466 e. The van der Waals surface area contributed by atoms with E-state index in [4.69, 9.17) is 4.74 Å². The SMILES string of the molecule is C[C@@H](NC(=O)COc1nncc2ccccc12)c1ccc2ccccc2c1. The minimum absolute atomic E-state index is 0.111. The molecule has 1 amide bonds. The summed E-state index contributed by atoms with van der Waals surface area (Å²) in [6, 6.07) is 21.9. The van der Waals surface area contributed by atoms with E-state index in [1.165, 1.54) is 5.39 Å². The lowest BCUT2D eigenvalue weighted by Gasteiger charge is -2.15. The Morgan fingerprint density at radius 3 is 2.59 bits per heavy atom. The first kappa shape index (κ1) is 17.0. The molecule has 0 saturated heterocycles. The summed E-state index contributed by atoms with van der Waals surface area (Å²) >= 11 is 0. The average molecular weight is 357 g/mol. The molecule has 134 valence electrons. The maximum absolute atomic E-state index is 12.3. The van der Waals surface area contributed by atoms with Gasteiger partial charge in [0.2, 0.25) is 5.88 Å². The van der Waals surface area contributed by atoms with Crippen LogP contribution in [0, 0.1) is 0 Å². The molecule has 27 heavy (non-hydrogen) atoms. The lowest BCUT2D eigenvalue weighted by Crippen LogP contribution is -2.31. The Kier molecular flexibility index (Phi) is 4.66. The molecule has 0 fully saturated rings. The topological polar surface area (TPSA) is 64.1 Å². The van der Waals surface area contributed by atoms with Gasteiger partial charge in [-0.3, -0.25) is 4.79 Å². The number of aromatic nitrogens is 2. The van der Waals surface area contributed by atoms with Crippen molar-refractivity contribution in [3.05, 3.63) is 78.5 Å². The fourth-order valence-electron chi connectivity index (χ4n) is 3.09. The van der Waals surface area contributed by atoms with Gasteiger partial charge in [0.15, 0.2) is 6.61 Å². The van der Waals surface area contributed by atoms with Crippen LogP contribution in [0.1, 0.15) is 18.5 Å². The van der Waals surface area contributed by atoms with Crippen LogP contribution < -0.4 is 10.1 Å². The van der Waals surface area contributed by atoms with Gasteiger partial charge in [0.1, 0.15) is 0 Å². The molecule has 4 rings (SSSR count). The van der Waals surface area contributed by atoms with Crippen LogP contribution in [0.2, 0.25) is 0 Å². The third-order valence-corrected chi connectivity index (χ3v) is 4.53. The summed E-state index contributed by atoms with van der Waals surface area (Å²) in [5.74, 6) is 0.159. The van der Waals surface area contributed by atoms with E-state index in [0.717, 1.165) is 21.7 Å². The minimum atomic E-state index is -0.203. The van der Waals surface area contributed by atoms with Crippen LogP contribution in [0.25, 0.3) is 21.5 Å². The van der Waals surface area contributed by atoms with Gasteiger partial charge in [-0.15, -0.1) is 5.10 Å². The number of carbonyl (C=O) groups is 1. The highest BCUT2D eigenvalue weighted by molar-refractivity contribution is 5.86. The van der Waals surface area contributed by atoms with Crippen molar-refractivity contribution in [3.8, 4) is 5.88 Å². The van der Waals surface area contributed by atoms with E-state index in [0.29, 0.717) is 5.88 Å². The standard InChI is InChI=1S/C22H19N3O2/c1-15(17-11-10-16-6-2-3-7-18(16)12-17)24-21(26)14-27-22-20-9-5-4-8-19(20)13-23-25-22/h2-13,15H,14H2,1H3,(H,24,26)/t15-/m1/s1. The van der Waals surface area contributed by atoms with Crippen molar-refractivity contribution in [2.24, 2.45) is 0 Å². The zero-order valence-electron chi connectivity index (χ0n) is 14.9. The van der Waals surface area contributed by atoms with Gasteiger partial charge >= 0.3 is 0 Å². The average Bonchev–Trinajstić information content (AvgIpc) is 2.71. The molecule has 1 N–H and O–H groups in total. The summed E-state index contributed by atoms with van der Waals surface area (Å²) in [7, 11) is 0. The summed E-state index contributed by atoms with van der Waals surface area (Å²) in [5, 5.41) is 15.0. The molecule has 0 aliphatic carbocycles. The second-order valence-corrected chi connectivity index (χ2v) is 6.42. The fraction of sp³-hybridized carbons (Fsp3) is 0.136. The molecule has 0 bridgehead atoms. The van der Waals surface area contributed by atoms with E-state index < -0.39 is 0 Å². The number of hydrogen-bond donors (Lipinski definition) is 1. The molecule has 0 unspecified atom stereocenters. The molecule has 4 aromatic rings. The van der Waals surface area contributed by atoms with Gasteiger partial charge in [-0.05, 0) is 35.4 Å². The maximum Gasteiger partial charge on any atom is 0.258 e. The van der Waals surface area contributed by atoms with Crippen molar-refractivity contribution in [1.82, 2.24) is 15.5 Å². The third-order valence-electron chi connectivity index (χ3n) is 4.53. The smallest absolute Gasteiger partial charge is 0.258 e. The van der Waals surface area contributed by atoms with Crippen molar-refractivity contribution >= 4 is 27.5 Å². The number of carbonyl (C=O) groups excluding carboxylic acids is 1. The summed E-state index contributed by atoms with van der Waals surface area (Å²) in [5.41, 5.74) is 1.05. The molecule has 1 aromatic heterocycles. The van der Waals surface area contributed by atoms with Gasteiger partial charge in [0, 0.05) is 10.8 Å². The van der Waals surface area contributed by atoms with Crippen molar-refractivity contribution < 1.29 is 9.53 Å². The number of nitrogens with zero attached hydrogens (tertiary/aromatic N) is 2. The van der Waals surface area contributed by atoms with Crippen LogP contribution in [0.5, 0.6) is 5.88 Å². The Hall–Kier alpha value is -3.47. The quantitative estimate of drug-likeness (QED) is 0.585. The molecular weight excluding hydrogens is 338 g/mol. The van der Waals surface area contributed by atoms with Crippen LogP contribution in [-0.4, -0.2) is 22.7 Å². The number of ether oxygens (including phenoxy) is 1. The minimum Gasteiger partial charge on any atom is -0.466 e. The molecule has 0 saturated carbocycles. The molecule has 3 aromatic carbocycles. The lowest BCUT2D eigenvalue weighted by molar-refractivity contribution is -0.123. The molecule has 0 spiro atoms. The number of hydrogen-bond acceptors (Lipinski definition) is 4. The van der Waals surface area contributed by atoms with Crippen LogP contribution in [0.4, 0.5) is 0 Å². The van der Waals surface area contributed by atoms with Crippen LogP contribution in [-0.2, 0) is 4.79 Å². The molecule has 1 heterocycles. The summed E-state index contributed by atoms with van der Waals surface area (Å²) < 4.78 is 5.60. The van der Waals surface area contributed by atoms with Crippen molar-refractivity contribution in [3.63, 3.8) is 0 Å². The zero-order valence-corrected chi connectivity index (χ0v) is 14.9. The maximum atomic E-state index is 12.3. The van der Waals surface area contributed by atoms with E-state index in [-0.39, 0.29) is 18.6 Å².